The number of benzene rings is 2. The molecule has 3 rings (SSSR count). The Morgan fingerprint density at radius 2 is 1.93 bits per heavy atom. The maximum absolute atomic E-state index is 14.0. The first-order valence-corrected chi connectivity index (χ1v) is 8.54. The molecule has 0 saturated carbocycles. The zero-order valence-electron chi connectivity index (χ0n) is 14.8. The molecule has 0 aliphatic carbocycles. The van der Waals surface area contributed by atoms with Gasteiger partial charge in [-0.15, -0.1) is 0 Å². The first-order valence-electron chi connectivity index (χ1n) is 8.54. The van der Waals surface area contributed by atoms with Gasteiger partial charge in [-0.2, -0.15) is 0 Å². The molecule has 2 aromatic rings. The Bertz CT molecular complexity index is 806. The molecule has 0 aromatic heterocycles. The van der Waals surface area contributed by atoms with Crippen molar-refractivity contribution in [3.63, 3.8) is 0 Å². The van der Waals surface area contributed by atoms with Gasteiger partial charge in [0.2, 0.25) is 0 Å². The maximum atomic E-state index is 14.0. The minimum atomic E-state index is -1.20. The number of rotatable bonds is 6. The smallest absolute Gasteiger partial charge is 0.251 e. The highest BCUT2D eigenvalue weighted by Crippen LogP contribution is 2.29. The number of hydrogen-bond acceptors (Lipinski definition) is 5. The molecule has 1 aliphatic rings. The second kappa shape index (κ2) is 8.43. The van der Waals surface area contributed by atoms with Crippen molar-refractivity contribution < 1.29 is 23.4 Å². The molecule has 1 aliphatic heterocycles. The van der Waals surface area contributed by atoms with Crippen LogP contribution in [-0.4, -0.2) is 37.8 Å². The summed E-state index contributed by atoms with van der Waals surface area (Å²) >= 11 is 0. The number of carbonyl (C=O) groups excluding carboxylic acids is 1. The molecule has 0 radical (unpaired) electrons. The predicted molar refractivity (Wildman–Crippen MR) is 95.4 cm³/mol. The zero-order chi connectivity index (χ0) is 19.4. The second-order valence-electron chi connectivity index (χ2n) is 6.26. The molecular formula is C19H21F2N3O3. The fraction of sp³-hybridized carbons (Fsp3) is 0.316. The zero-order valence-corrected chi connectivity index (χ0v) is 14.8. The van der Waals surface area contributed by atoms with E-state index in [1.165, 1.54) is 13.2 Å². The topological polar surface area (TPSA) is 82.6 Å². The molecule has 27 heavy (non-hydrogen) atoms. The van der Waals surface area contributed by atoms with Gasteiger partial charge in [-0.1, -0.05) is 12.1 Å². The quantitative estimate of drug-likeness (QED) is 0.615. The van der Waals surface area contributed by atoms with E-state index < -0.39 is 30.2 Å². The highest BCUT2D eigenvalue weighted by atomic mass is 19.1. The molecule has 2 aromatic carbocycles. The van der Waals surface area contributed by atoms with Crippen LogP contribution in [0.2, 0.25) is 0 Å². The van der Waals surface area contributed by atoms with E-state index in [0.717, 1.165) is 30.8 Å². The molecule has 144 valence electrons. The summed E-state index contributed by atoms with van der Waals surface area (Å²) in [6.45, 7) is 0.834. The van der Waals surface area contributed by atoms with Gasteiger partial charge >= 0.3 is 0 Å². The van der Waals surface area contributed by atoms with Gasteiger partial charge in [-0.3, -0.25) is 15.6 Å². The van der Waals surface area contributed by atoms with Crippen LogP contribution in [0.5, 0.6) is 5.75 Å². The van der Waals surface area contributed by atoms with Crippen molar-refractivity contribution in [2.45, 2.75) is 12.0 Å². The number of aliphatic hydroxyl groups is 1. The fourth-order valence-electron chi connectivity index (χ4n) is 3.17. The number of aliphatic hydroxyl groups excluding tert-OH is 1. The molecule has 4 N–H and O–H groups in total. The van der Waals surface area contributed by atoms with Crippen molar-refractivity contribution in [1.82, 2.24) is 16.2 Å². The number of carbonyl (C=O) groups is 1. The Morgan fingerprint density at radius 1 is 1.26 bits per heavy atom. The van der Waals surface area contributed by atoms with Gasteiger partial charge in [-0.25, -0.2) is 8.78 Å². The van der Waals surface area contributed by atoms with Crippen LogP contribution >= 0.6 is 0 Å². The SMILES string of the molecule is COc1cc(C(=O)N[C@@H](CO)c2c(F)cccc2F)ccc1C1CNNC1. The molecule has 1 atom stereocenters. The molecule has 0 spiro atoms. The normalized spacial score (nSPS) is 15.6. The van der Waals surface area contributed by atoms with Crippen molar-refractivity contribution >= 4 is 5.91 Å². The minimum absolute atomic E-state index is 0.203. The Kier molecular flexibility index (Phi) is 6.00. The van der Waals surface area contributed by atoms with Crippen LogP contribution < -0.4 is 20.9 Å². The fourth-order valence-corrected chi connectivity index (χ4v) is 3.17. The lowest BCUT2D eigenvalue weighted by atomic mass is 9.97. The molecule has 0 bridgehead atoms. The summed E-state index contributed by atoms with van der Waals surface area (Å²) in [7, 11) is 1.52. The van der Waals surface area contributed by atoms with Crippen molar-refractivity contribution in [3.05, 3.63) is 64.7 Å². The average molecular weight is 377 g/mol. The second-order valence-corrected chi connectivity index (χ2v) is 6.26. The van der Waals surface area contributed by atoms with Gasteiger partial charge in [0.1, 0.15) is 17.4 Å². The third kappa shape index (κ3) is 4.08. The maximum Gasteiger partial charge on any atom is 0.251 e. The third-order valence-electron chi connectivity index (χ3n) is 4.59. The van der Waals surface area contributed by atoms with Crippen LogP contribution in [0.1, 0.15) is 33.4 Å². The molecule has 1 saturated heterocycles. The molecule has 6 nitrogen and oxygen atoms in total. The molecule has 1 fully saturated rings. The summed E-state index contributed by atoms with van der Waals surface area (Å²) in [4.78, 5) is 12.6. The van der Waals surface area contributed by atoms with Crippen molar-refractivity contribution in [3.8, 4) is 5.75 Å². The summed E-state index contributed by atoms with van der Waals surface area (Å²) in [5, 5.41) is 12.0. The number of hydrogen-bond donors (Lipinski definition) is 4. The summed E-state index contributed by atoms with van der Waals surface area (Å²) < 4.78 is 33.3. The summed E-state index contributed by atoms with van der Waals surface area (Å²) in [5.41, 5.74) is 6.92. The van der Waals surface area contributed by atoms with Gasteiger partial charge in [0, 0.05) is 30.1 Å². The van der Waals surface area contributed by atoms with Crippen molar-refractivity contribution in [2.24, 2.45) is 0 Å². The van der Waals surface area contributed by atoms with E-state index in [-0.39, 0.29) is 17.0 Å². The minimum Gasteiger partial charge on any atom is -0.496 e. The molecule has 0 unspecified atom stereocenters. The van der Waals surface area contributed by atoms with Gasteiger partial charge in [0.05, 0.1) is 19.8 Å². The van der Waals surface area contributed by atoms with Crippen LogP contribution in [0.4, 0.5) is 8.78 Å². The third-order valence-corrected chi connectivity index (χ3v) is 4.59. The Balaban J connectivity index is 1.82. The van der Waals surface area contributed by atoms with Crippen LogP contribution in [0.3, 0.4) is 0 Å². The van der Waals surface area contributed by atoms with E-state index in [4.69, 9.17) is 4.74 Å². The largest absolute Gasteiger partial charge is 0.496 e. The number of nitrogens with one attached hydrogen (secondary N) is 3. The monoisotopic (exact) mass is 377 g/mol. The van der Waals surface area contributed by atoms with Gasteiger partial charge in [-0.05, 0) is 29.8 Å². The molecule has 8 heteroatoms. The molecule has 1 heterocycles. The van der Waals surface area contributed by atoms with Crippen LogP contribution in [0.25, 0.3) is 0 Å². The van der Waals surface area contributed by atoms with Crippen LogP contribution in [0.15, 0.2) is 36.4 Å². The Labute approximate surface area is 155 Å². The number of ether oxygens (including phenoxy) is 1. The summed E-state index contributed by atoms with van der Waals surface area (Å²) in [6.07, 6.45) is 0. The lowest BCUT2D eigenvalue weighted by molar-refractivity contribution is 0.0913. The lowest BCUT2D eigenvalue weighted by Crippen LogP contribution is -2.32. The Morgan fingerprint density at radius 3 is 2.52 bits per heavy atom. The number of amides is 1. The van der Waals surface area contributed by atoms with E-state index >= 15 is 0 Å². The van der Waals surface area contributed by atoms with Crippen LogP contribution in [-0.2, 0) is 0 Å². The molecule has 1 amide bonds. The molecular weight excluding hydrogens is 356 g/mol. The number of hydrazine groups is 1. The van der Waals surface area contributed by atoms with E-state index in [1.54, 1.807) is 18.2 Å². The van der Waals surface area contributed by atoms with E-state index in [9.17, 15) is 18.7 Å². The van der Waals surface area contributed by atoms with Crippen molar-refractivity contribution in [2.75, 3.05) is 26.8 Å². The predicted octanol–water partition coefficient (Wildman–Crippen LogP) is 1.63. The van der Waals surface area contributed by atoms with E-state index in [0.29, 0.717) is 5.75 Å². The van der Waals surface area contributed by atoms with E-state index in [1.807, 2.05) is 0 Å². The summed E-state index contributed by atoms with van der Waals surface area (Å²) in [5.74, 6) is -1.47. The van der Waals surface area contributed by atoms with Crippen molar-refractivity contribution in [1.29, 1.82) is 0 Å². The Hall–Kier alpha value is -2.55. The van der Waals surface area contributed by atoms with Gasteiger partial charge in [0.25, 0.3) is 5.91 Å². The summed E-state index contributed by atoms with van der Waals surface area (Å²) in [6, 6.07) is 7.18. The average Bonchev–Trinajstić information content (AvgIpc) is 3.20. The first-order chi connectivity index (χ1) is 13.0. The van der Waals surface area contributed by atoms with Crippen LogP contribution in [0, 0.1) is 11.6 Å². The highest BCUT2D eigenvalue weighted by Gasteiger charge is 2.24. The number of methoxy groups -OCH3 is 1. The standard InChI is InChI=1S/C19H21F2N3O3/c1-27-17-7-11(5-6-13(17)12-8-22-23-9-12)19(26)24-16(10-25)18-14(20)3-2-4-15(18)21/h2-7,12,16,22-23,25H,8-10H2,1H3,(H,24,26)/t16-/m0/s1. The number of halogens is 2. The van der Waals surface area contributed by atoms with E-state index in [2.05, 4.69) is 16.2 Å². The van der Waals surface area contributed by atoms with Gasteiger partial charge < -0.3 is 15.2 Å². The first kappa shape index (κ1) is 19.2. The highest BCUT2D eigenvalue weighted by molar-refractivity contribution is 5.95. The van der Waals surface area contributed by atoms with Gasteiger partial charge in [0.15, 0.2) is 0 Å². The lowest BCUT2D eigenvalue weighted by Gasteiger charge is -2.19.